The fourth-order valence-electron chi connectivity index (χ4n) is 3.32. The topological polar surface area (TPSA) is 78.9 Å². The minimum atomic E-state index is -0.660. The van der Waals surface area contributed by atoms with Crippen LogP contribution in [-0.2, 0) is 14.9 Å². The van der Waals surface area contributed by atoms with E-state index in [1.54, 1.807) is 17.0 Å². The Kier molecular flexibility index (Phi) is 3.50. The number of piperidine rings is 1. The van der Waals surface area contributed by atoms with E-state index in [0.717, 1.165) is 5.56 Å². The van der Waals surface area contributed by atoms with E-state index in [1.807, 2.05) is 26.8 Å². The molecule has 1 aromatic rings. The molecule has 1 saturated heterocycles. The third-order valence-corrected chi connectivity index (χ3v) is 4.50. The van der Waals surface area contributed by atoms with Gasteiger partial charge in [0.2, 0.25) is 5.91 Å². The third-order valence-electron chi connectivity index (χ3n) is 4.50. The second-order valence-electron chi connectivity index (χ2n) is 7.20. The van der Waals surface area contributed by atoms with Crippen molar-refractivity contribution in [2.24, 2.45) is 0 Å². The van der Waals surface area contributed by atoms with Crippen LogP contribution in [0.5, 0.6) is 5.75 Å². The van der Waals surface area contributed by atoms with E-state index in [0.29, 0.717) is 31.6 Å². The van der Waals surface area contributed by atoms with Gasteiger partial charge >= 0.3 is 6.09 Å². The van der Waals surface area contributed by atoms with Gasteiger partial charge in [0.25, 0.3) is 0 Å². The molecule has 2 aliphatic heterocycles. The summed E-state index contributed by atoms with van der Waals surface area (Å²) in [6.07, 6.45) is 0.699. The van der Waals surface area contributed by atoms with Crippen molar-refractivity contribution in [1.29, 1.82) is 0 Å². The van der Waals surface area contributed by atoms with Crippen LogP contribution in [0.4, 0.5) is 10.5 Å². The number of fused-ring (bicyclic) bond motifs is 2. The first-order valence-electron chi connectivity index (χ1n) is 7.85. The van der Waals surface area contributed by atoms with Crippen LogP contribution in [0, 0.1) is 0 Å². The zero-order valence-electron chi connectivity index (χ0n) is 13.7. The molecule has 23 heavy (non-hydrogen) atoms. The van der Waals surface area contributed by atoms with Gasteiger partial charge in [-0.05, 0) is 45.2 Å². The molecule has 6 heteroatoms. The molecule has 2 N–H and O–H groups in total. The number of para-hydroxylation sites is 1. The molecular formula is C17H22N2O4. The van der Waals surface area contributed by atoms with Crippen LogP contribution in [0.15, 0.2) is 18.2 Å². The van der Waals surface area contributed by atoms with E-state index < -0.39 is 11.0 Å². The number of phenolic OH excluding ortho intramolecular Hbond substituents is 1. The molecule has 0 unspecified atom stereocenters. The number of aromatic hydroxyl groups is 1. The van der Waals surface area contributed by atoms with Crippen molar-refractivity contribution in [3.63, 3.8) is 0 Å². The van der Waals surface area contributed by atoms with Crippen LogP contribution in [0.1, 0.15) is 39.2 Å². The van der Waals surface area contributed by atoms with E-state index >= 15 is 0 Å². The number of amides is 2. The Balaban J connectivity index is 1.78. The summed E-state index contributed by atoms with van der Waals surface area (Å²) in [5.74, 6) is -0.0138. The molecule has 0 radical (unpaired) electrons. The molecule has 6 nitrogen and oxygen atoms in total. The highest BCUT2D eigenvalue weighted by atomic mass is 16.6. The van der Waals surface area contributed by atoms with E-state index in [1.165, 1.54) is 0 Å². The van der Waals surface area contributed by atoms with Crippen LogP contribution in [-0.4, -0.2) is 40.7 Å². The van der Waals surface area contributed by atoms with Crippen LogP contribution in [0.25, 0.3) is 0 Å². The Morgan fingerprint density at radius 1 is 1.30 bits per heavy atom. The maximum Gasteiger partial charge on any atom is 0.410 e. The number of hydrogen-bond donors (Lipinski definition) is 2. The number of carbonyl (C=O) groups is 2. The van der Waals surface area contributed by atoms with E-state index in [9.17, 15) is 14.7 Å². The molecule has 1 spiro atoms. The summed E-state index contributed by atoms with van der Waals surface area (Å²) in [5.41, 5.74) is 0.136. The number of hydrogen-bond acceptors (Lipinski definition) is 4. The zero-order chi connectivity index (χ0) is 16.8. The van der Waals surface area contributed by atoms with E-state index in [-0.39, 0.29) is 17.7 Å². The second-order valence-corrected chi connectivity index (χ2v) is 7.20. The van der Waals surface area contributed by atoms with Crippen molar-refractivity contribution >= 4 is 17.7 Å². The Morgan fingerprint density at radius 3 is 2.57 bits per heavy atom. The Hall–Kier alpha value is -2.24. The van der Waals surface area contributed by atoms with Gasteiger partial charge in [0, 0.05) is 13.1 Å². The average molecular weight is 318 g/mol. The Bertz CT molecular complexity index is 655. The van der Waals surface area contributed by atoms with Crippen molar-refractivity contribution in [3.05, 3.63) is 23.8 Å². The maximum atomic E-state index is 12.5. The van der Waals surface area contributed by atoms with Gasteiger partial charge in [-0.3, -0.25) is 4.79 Å². The SMILES string of the molecule is CC(C)(C)OC(=O)N1CCC2(CC1)C(=O)Nc1c(O)cccc12. The molecule has 3 rings (SSSR count). The lowest BCUT2D eigenvalue weighted by atomic mass is 9.73. The fraction of sp³-hybridized carbons (Fsp3) is 0.529. The largest absolute Gasteiger partial charge is 0.506 e. The predicted octanol–water partition coefficient (Wildman–Crippen LogP) is 2.61. The predicted molar refractivity (Wildman–Crippen MR) is 85.5 cm³/mol. The fourth-order valence-corrected chi connectivity index (χ4v) is 3.32. The normalized spacial score (nSPS) is 19.4. The Morgan fingerprint density at radius 2 is 1.96 bits per heavy atom. The molecule has 1 fully saturated rings. The summed E-state index contributed by atoms with van der Waals surface area (Å²) < 4.78 is 5.39. The number of anilines is 1. The van der Waals surface area contributed by atoms with Crippen molar-refractivity contribution in [2.45, 2.75) is 44.6 Å². The number of nitrogens with zero attached hydrogens (tertiary/aromatic N) is 1. The highest BCUT2D eigenvalue weighted by Gasteiger charge is 2.50. The van der Waals surface area contributed by atoms with Crippen molar-refractivity contribution < 1.29 is 19.4 Å². The Labute approximate surface area is 135 Å². The summed E-state index contributed by atoms with van der Waals surface area (Å²) >= 11 is 0. The standard InChI is InChI=1S/C17H22N2O4/c1-16(2,3)23-15(22)19-9-7-17(8-10-19)11-5-4-6-12(20)13(11)18-14(17)21/h4-6,20H,7-10H2,1-3H3,(H,18,21). The first kappa shape index (κ1) is 15.6. The van der Waals surface area contributed by atoms with Crippen molar-refractivity contribution in [3.8, 4) is 5.75 Å². The summed E-state index contributed by atoms with van der Waals surface area (Å²) in [6.45, 7) is 6.41. The number of carbonyl (C=O) groups excluding carboxylic acids is 2. The summed E-state index contributed by atoms with van der Waals surface area (Å²) in [5, 5.41) is 12.7. The quantitative estimate of drug-likeness (QED) is 0.721. The van der Waals surface area contributed by atoms with Gasteiger partial charge in [0.05, 0.1) is 11.1 Å². The lowest BCUT2D eigenvalue weighted by Gasteiger charge is -2.38. The molecule has 0 bridgehead atoms. The molecule has 0 atom stereocenters. The molecule has 1 aromatic carbocycles. The van der Waals surface area contributed by atoms with Gasteiger partial charge in [-0.25, -0.2) is 4.79 Å². The van der Waals surface area contributed by atoms with Gasteiger partial charge in [-0.1, -0.05) is 12.1 Å². The van der Waals surface area contributed by atoms with Gasteiger partial charge in [-0.2, -0.15) is 0 Å². The van der Waals surface area contributed by atoms with Crippen LogP contribution in [0.3, 0.4) is 0 Å². The number of ether oxygens (including phenoxy) is 1. The minimum Gasteiger partial charge on any atom is -0.506 e. The lowest BCUT2D eigenvalue weighted by molar-refractivity contribution is -0.122. The van der Waals surface area contributed by atoms with Crippen molar-refractivity contribution in [1.82, 2.24) is 4.90 Å². The summed E-state index contributed by atoms with van der Waals surface area (Å²) in [7, 11) is 0. The lowest BCUT2D eigenvalue weighted by Crippen LogP contribution is -2.49. The summed E-state index contributed by atoms with van der Waals surface area (Å²) in [4.78, 5) is 26.3. The van der Waals surface area contributed by atoms with Crippen LogP contribution < -0.4 is 5.32 Å². The average Bonchev–Trinajstić information content (AvgIpc) is 2.73. The van der Waals surface area contributed by atoms with E-state index in [2.05, 4.69) is 5.32 Å². The number of nitrogens with one attached hydrogen (secondary N) is 1. The van der Waals surface area contributed by atoms with E-state index in [4.69, 9.17) is 4.74 Å². The van der Waals surface area contributed by atoms with Gasteiger partial charge in [0.15, 0.2) is 0 Å². The van der Waals surface area contributed by atoms with Crippen LogP contribution >= 0.6 is 0 Å². The van der Waals surface area contributed by atoms with Gasteiger partial charge < -0.3 is 20.1 Å². The minimum absolute atomic E-state index is 0.0855. The monoisotopic (exact) mass is 318 g/mol. The van der Waals surface area contributed by atoms with Gasteiger partial charge in [-0.15, -0.1) is 0 Å². The number of phenols is 1. The smallest absolute Gasteiger partial charge is 0.410 e. The highest BCUT2D eigenvalue weighted by molar-refractivity contribution is 6.07. The third kappa shape index (κ3) is 2.62. The number of likely N-dealkylation sites (tertiary alicyclic amines) is 1. The first-order valence-corrected chi connectivity index (χ1v) is 7.85. The highest BCUT2D eigenvalue weighted by Crippen LogP contribution is 2.48. The number of rotatable bonds is 0. The van der Waals surface area contributed by atoms with Crippen LogP contribution in [0.2, 0.25) is 0 Å². The number of benzene rings is 1. The molecule has 2 amide bonds. The van der Waals surface area contributed by atoms with Gasteiger partial charge in [0.1, 0.15) is 11.4 Å². The molecule has 2 heterocycles. The maximum absolute atomic E-state index is 12.5. The first-order chi connectivity index (χ1) is 10.7. The van der Waals surface area contributed by atoms with Crippen molar-refractivity contribution in [2.75, 3.05) is 18.4 Å². The molecule has 2 aliphatic rings. The summed E-state index contributed by atoms with van der Waals surface area (Å²) in [6, 6.07) is 5.18. The zero-order valence-corrected chi connectivity index (χ0v) is 13.7. The second kappa shape index (κ2) is 5.15. The molecule has 0 aliphatic carbocycles. The molecule has 124 valence electrons. The molecule has 0 aromatic heterocycles. The molecular weight excluding hydrogens is 296 g/mol. The molecule has 0 saturated carbocycles.